The quantitative estimate of drug-likeness (QED) is 0.730. The number of aryl methyl sites for hydroxylation is 1. The molecule has 3 aromatic rings. The molecule has 0 unspecified atom stereocenters. The molecule has 3 rings (SSSR count). The highest BCUT2D eigenvalue weighted by atomic mass is 19.1. The maximum absolute atomic E-state index is 13.1. The first-order valence-corrected chi connectivity index (χ1v) is 6.13. The summed E-state index contributed by atoms with van der Waals surface area (Å²) in [6.45, 7) is 1.92. The first-order valence-electron chi connectivity index (χ1n) is 6.13. The summed E-state index contributed by atoms with van der Waals surface area (Å²) in [6, 6.07) is 11.5. The van der Waals surface area contributed by atoms with Crippen LogP contribution >= 0.6 is 0 Å². The van der Waals surface area contributed by atoms with E-state index in [0.717, 1.165) is 11.4 Å². The summed E-state index contributed by atoms with van der Waals surface area (Å²) >= 11 is 0. The van der Waals surface area contributed by atoms with Crippen LogP contribution in [0.25, 0.3) is 5.69 Å². The van der Waals surface area contributed by atoms with Gasteiger partial charge in [0.2, 0.25) is 5.88 Å². The predicted octanol–water partition coefficient (Wildman–Crippen LogP) is 3.51. The lowest BCUT2D eigenvalue weighted by molar-refractivity contribution is 0.453. The van der Waals surface area contributed by atoms with Crippen molar-refractivity contribution in [3.63, 3.8) is 0 Å². The van der Waals surface area contributed by atoms with Crippen LogP contribution in [0.1, 0.15) is 5.69 Å². The van der Waals surface area contributed by atoms with Gasteiger partial charge in [0, 0.05) is 24.0 Å². The molecular formula is C15H12FN3O. The van der Waals surface area contributed by atoms with E-state index >= 15 is 0 Å². The van der Waals surface area contributed by atoms with Crippen LogP contribution in [-0.4, -0.2) is 14.8 Å². The molecule has 0 bridgehead atoms. The van der Waals surface area contributed by atoms with Crippen LogP contribution in [0.2, 0.25) is 0 Å². The summed E-state index contributed by atoms with van der Waals surface area (Å²) in [4.78, 5) is 4.21. The van der Waals surface area contributed by atoms with Crippen molar-refractivity contribution >= 4 is 0 Å². The largest absolute Gasteiger partial charge is 0.437 e. The molecule has 0 radical (unpaired) electrons. The minimum atomic E-state index is -0.343. The number of benzene rings is 1. The second kappa shape index (κ2) is 5.13. The van der Waals surface area contributed by atoms with Gasteiger partial charge in [-0.3, -0.25) is 4.98 Å². The number of hydrogen-bond donors (Lipinski definition) is 0. The van der Waals surface area contributed by atoms with Crippen LogP contribution < -0.4 is 4.74 Å². The zero-order chi connectivity index (χ0) is 13.9. The molecule has 0 amide bonds. The van der Waals surface area contributed by atoms with Crippen molar-refractivity contribution in [2.75, 3.05) is 0 Å². The normalized spacial score (nSPS) is 10.5. The standard InChI is InChI=1S/C15H12FN3O/c1-11-5-6-13(10-17-11)19-8-7-15(18-19)20-14-4-2-3-12(16)9-14/h2-10H,1H3. The summed E-state index contributed by atoms with van der Waals surface area (Å²) in [7, 11) is 0. The van der Waals surface area contributed by atoms with Crippen molar-refractivity contribution in [2.24, 2.45) is 0 Å². The predicted molar refractivity (Wildman–Crippen MR) is 72.6 cm³/mol. The van der Waals surface area contributed by atoms with Crippen LogP contribution in [0.3, 0.4) is 0 Å². The number of pyridine rings is 1. The average Bonchev–Trinajstić information content (AvgIpc) is 2.88. The molecule has 0 N–H and O–H groups in total. The Hall–Kier alpha value is -2.69. The molecule has 0 atom stereocenters. The molecule has 0 saturated heterocycles. The molecule has 0 aliphatic carbocycles. The lowest BCUT2D eigenvalue weighted by Crippen LogP contribution is -1.96. The minimum absolute atomic E-state index is 0.343. The Morgan fingerprint density at radius 3 is 2.80 bits per heavy atom. The fourth-order valence-electron chi connectivity index (χ4n) is 1.75. The second-order valence-electron chi connectivity index (χ2n) is 4.32. The molecule has 0 aliphatic rings. The Balaban J connectivity index is 1.82. The van der Waals surface area contributed by atoms with Crippen LogP contribution in [0.5, 0.6) is 11.6 Å². The van der Waals surface area contributed by atoms with E-state index in [1.807, 2.05) is 19.1 Å². The third kappa shape index (κ3) is 2.66. The van der Waals surface area contributed by atoms with Gasteiger partial charge in [0.05, 0.1) is 11.9 Å². The van der Waals surface area contributed by atoms with Crippen LogP contribution in [0.4, 0.5) is 4.39 Å². The number of hydrogen-bond acceptors (Lipinski definition) is 3. The molecule has 0 aliphatic heterocycles. The van der Waals surface area contributed by atoms with Crippen molar-refractivity contribution in [3.8, 4) is 17.3 Å². The summed E-state index contributed by atoms with van der Waals surface area (Å²) in [5.41, 5.74) is 1.78. The molecule has 2 aromatic heterocycles. The van der Waals surface area contributed by atoms with E-state index < -0.39 is 0 Å². The topological polar surface area (TPSA) is 39.9 Å². The number of rotatable bonds is 3. The van der Waals surface area contributed by atoms with Crippen LogP contribution in [0.15, 0.2) is 54.9 Å². The fraction of sp³-hybridized carbons (Fsp3) is 0.0667. The molecular weight excluding hydrogens is 257 g/mol. The lowest BCUT2D eigenvalue weighted by atomic mass is 10.3. The highest BCUT2D eigenvalue weighted by Gasteiger charge is 2.04. The number of nitrogens with zero attached hydrogens (tertiary/aromatic N) is 3. The molecule has 0 saturated carbocycles. The van der Waals surface area contributed by atoms with Gasteiger partial charge in [-0.05, 0) is 31.2 Å². The molecule has 20 heavy (non-hydrogen) atoms. The molecule has 0 fully saturated rings. The minimum Gasteiger partial charge on any atom is -0.437 e. The van der Waals surface area contributed by atoms with Gasteiger partial charge in [0.1, 0.15) is 11.6 Å². The Morgan fingerprint density at radius 2 is 2.05 bits per heavy atom. The first kappa shape index (κ1) is 12.3. The van der Waals surface area contributed by atoms with Crippen LogP contribution in [0, 0.1) is 12.7 Å². The van der Waals surface area contributed by atoms with Gasteiger partial charge in [-0.1, -0.05) is 6.07 Å². The van der Waals surface area contributed by atoms with E-state index in [1.54, 1.807) is 35.3 Å². The van der Waals surface area contributed by atoms with Gasteiger partial charge >= 0.3 is 0 Å². The Labute approximate surface area is 115 Å². The third-order valence-corrected chi connectivity index (χ3v) is 2.74. The fourth-order valence-corrected chi connectivity index (χ4v) is 1.75. The van der Waals surface area contributed by atoms with E-state index in [4.69, 9.17) is 4.74 Å². The Kier molecular flexibility index (Phi) is 3.16. The highest BCUT2D eigenvalue weighted by molar-refractivity contribution is 5.31. The van der Waals surface area contributed by atoms with Crippen molar-refractivity contribution < 1.29 is 9.13 Å². The zero-order valence-electron chi connectivity index (χ0n) is 10.8. The molecule has 100 valence electrons. The molecule has 5 heteroatoms. The number of aromatic nitrogens is 3. The van der Waals surface area contributed by atoms with E-state index in [1.165, 1.54) is 12.1 Å². The lowest BCUT2D eigenvalue weighted by Gasteiger charge is -2.02. The van der Waals surface area contributed by atoms with Crippen molar-refractivity contribution in [1.29, 1.82) is 0 Å². The van der Waals surface area contributed by atoms with Crippen molar-refractivity contribution in [1.82, 2.24) is 14.8 Å². The summed E-state index contributed by atoms with van der Waals surface area (Å²) < 4.78 is 20.2. The average molecular weight is 269 g/mol. The van der Waals surface area contributed by atoms with Crippen molar-refractivity contribution in [3.05, 3.63) is 66.4 Å². The van der Waals surface area contributed by atoms with E-state index in [-0.39, 0.29) is 5.82 Å². The first-order chi connectivity index (χ1) is 9.70. The maximum atomic E-state index is 13.1. The van der Waals surface area contributed by atoms with Crippen LogP contribution in [-0.2, 0) is 0 Å². The third-order valence-electron chi connectivity index (χ3n) is 2.74. The van der Waals surface area contributed by atoms with E-state index in [2.05, 4.69) is 10.1 Å². The second-order valence-corrected chi connectivity index (χ2v) is 4.32. The summed E-state index contributed by atoms with van der Waals surface area (Å²) in [5.74, 6) is 0.470. The number of halogens is 1. The summed E-state index contributed by atoms with van der Waals surface area (Å²) in [6.07, 6.45) is 3.50. The van der Waals surface area contributed by atoms with E-state index in [0.29, 0.717) is 11.6 Å². The highest BCUT2D eigenvalue weighted by Crippen LogP contribution is 2.20. The Bertz CT molecular complexity index is 722. The maximum Gasteiger partial charge on any atom is 0.238 e. The van der Waals surface area contributed by atoms with Gasteiger partial charge in [0.15, 0.2) is 0 Å². The van der Waals surface area contributed by atoms with Crippen molar-refractivity contribution in [2.45, 2.75) is 6.92 Å². The van der Waals surface area contributed by atoms with Gasteiger partial charge in [-0.2, -0.15) is 0 Å². The molecule has 0 spiro atoms. The Morgan fingerprint density at radius 1 is 1.15 bits per heavy atom. The summed E-state index contributed by atoms with van der Waals surface area (Å²) in [5, 5.41) is 4.27. The van der Waals surface area contributed by atoms with Gasteiger partial charge < -0.3 is 4.74 Å². The van der Waals surface area contributed by atoms with Gasteiger partial charge in [0.25, 0.3) is 0 Å². The van der Waals surface area contributed by atoms with E-state index in [9.17, 15) is 4.39 Å². The SMILES string of the molecule is Cc1ccc(-n2ccc(Oc3cccc(F)c3)n2)cn1. The molecule has 2 heterocycles. The molecule has 1 aromatic carbocycles. The number of ether oxygens (including phenoxy) is 1. The zero-order valence-corrected chi connectivity index (χ0v) is 10.8. The smallest absolute Gasteiger partial charge is 0.238 e. The monoisotopic (exact) mass is 269 g/mol. The van der Waals surface area contributed by atoms with Gasteiger partial charge in [-0.15, -0.1) is 5.10 Å². The molecule has 4 nitrogen and oxygen atoms in total. The van der Waals surface area contributed by atoms with Gasteiger partial charge in [-0.25, -0.2) is 9.07 Å².